The Morgan fingerprint density at radius 1 is 1.00 bits per heavy atom. The van der Waals surface area contributed by atoms with Crippen molar-refractivity contribution in [3.8, 4) is 0 Å². The van der Waals surface area contributed by atoms with Crippen LogP contribution in [0.15, 0.2) is 0 Å². The monoisotopic (exact) mass is 108 g/mol. The topological polar surface area (TPSA) is 0 Å². The molecule has 0 aliphatic heterocycles. The fourth-order valence-corrected chi connectivity index (χ4v) is 3.41. The summed E-state index contributed by atoms with van der Waals surface area (Å²) in [5.74, 6) is 2.33. The molecule has 0 N–H and O–H groups in total. The summed E-state index contributed by atoms with van der Waals surface area (Å²) in [5, 5.41) is 0. The maximum atomic E-state index is 2.47. The Hall–Kier alpha value is 0. The van der Waals surface area contributed by atoms with E-state index in [1.807, 2.05) is 0 Å². The highest BCUT2D eigenvalue weighted by Crippen LogP contribution is 2.91. The highest BCUT2D eigenvalue weighted by molar-refractivity contribution is 5.33. The Balaban J connectivity index is 2.08. The summed E-state index contributed by atoms with van der Waals surface area (Å²) in [6.45, 7) is 4.94. The lowest BCUT2D eigenvalue weighted by molar-refractivity contribution is 0.202. The van der Waals surface area contributed by atoms with Crippen molar-refractivity contribution in [2.24, 2.45) is 22.7 Å². The van der Waals surface area contributed by atoms with Gasteiger partial charge < -0.3 is 0 Å². The van der Waals surface area contributed by atoms with Crippen LogP contribution in [0.4, 0.5) is 0 Å². The Morgan fingerprint density at radius 3 is 1.50 bits per heavy atom. The van der Waals surface area contributed by atoms with E-state index in [1.54, 1.807) is 12.8 Å². The van der Waals surface area contributed by atoms with E-state index >= 15 is 0 Å². The molecule has 44 valence electrons. The predicted molar refractivity (Wildman–Crippen MR) is 32.4 cm³/mol. The summed E-state index contributed by atoms with van der Waals surface area (Å²) in [6, 6.07) is 0. The average Bonchev–Trinajstić information content (AvgIpc) is 2.49. The van der Waals surface area contributed by atoms with Gasteiger partial charge in [-0.2, -0.15) is 0 Å². The molecule has 0 bridgehead atoms. The molecule has 0 aromatic heterocycles. The fraction of sp³-hybridized carbons (Fsp3) is 1.00. The highest BCUT2D eigenvalue weighted by atomic mass is 14.9. The molecule has 0 saturated heterocycles. The van der Waals surface area contributed by atoms with Crippen LogP contribution >= 0.6 is 0 Å². The first kappa shape index (κ1) is 3.92. The molecule has 0 aromatic rings. The molecule has 3 aliphatic rings. The molecule has 0 heterocycles. The zero-order valence-electron chi connectivity index (χ0n) is 5.57. The van der Waals surface area contributed by atoms with Crippen molar-refractivity contribution in [2.45, 2.75) is 26.7 Å². The van der Waals surface area contributed by atoms with Crippen LogP contribution in [0.5, 0.6) is 0 Å². The van der Waals surface area contributed by atoms with Crippen molar-refractivity contribution in [3.05, 3.63) is 0 Å². The van der Waals surface area contributed by atoms with Crippen molar-refractivity contribution in [3.63, 3.8) is 0 Å². The van der Waals surface area contributed by atoms with Crippen LogP contribution in [0.3, 0.4) is 0 Å². The van der Waals surface area contributed by atoms with Crippen LogP contribution < -0.4 is 0 Å². The van der Waals surface area contributed by atoms with Crippen LogP contribution in [-0.2, 0) is 0 Å². The second kappa shape index (κ2) is 0.630. The molecular formula is C8H12. The van der Waals surface area contributed by atoms with E-state index in [0.717, 1.165) is 10.8 Å². The third kappa shape index (κ3) is 0.167. The SMILES string of the molecule is CC12CC1C1(C)CC21. The van der Waals surface area contributed by atoms with Gasteiger partial charge in [0.1, 0.15) is 0 Å². The van der Waals surface area contributed by atoms with Crippen LogP contribution in [0.1, 0.15) is 26.7 Å². The first-order valence-electron chi connectivity index (χ1n) is 3.68. The van der Waals surface area contributed by atoms with Gasteiger partial charge in [-0.3, -0.25) is 0 Å². The Labute approximate surface area is 50.3 Å². The molecule has 0 atom stereocenters. The molecule has 3 saturated carbocycles. The molecule has 0 nitrogen and oxygen atoms in total. The zero-order chi connectivity index (χ0) is 5.57. The van der Waals surface area contributed by atoms with E-state index < -0.39 is 0 Å². The molecule has 0 radical (unpaired) electrons. The van der Waals surface area contributed by atoms with Crippen molar-refractivity contribution in [1.29, 1.82) is 0 Å². The van der Waals surface area contributed by atoms with Gasteiger partial charge in [-0.1, -0.05) is 13.8 Å². The third-order valence-corrected chi connectivity index (χ3v) is 4.15. The smallest absolute Gasteiger partial charge is 0.0255 e. The number of hydrogen-bond donors (Lipinski definition) is 0. The second-order valence-electron chi connectivity index (χ2n) is 4.53. The van der Waals surface area contributed by atoms with Crippen LogP contribution in [0.2, 0.25) is 0 Å². The minimum absolute atomic E-state index is 0.884. The molecule has 3 fully saturated rings. The lowest BCUT2D eigenvalue weighted by Gasteiger charge is -2.27. The zero-order valence-corrected chi connectivity index (χ0v) is 5.57. The Bertz CT molecular complexity index is 141. The first-order valence-corrected chi connectivity index (χ1v) is 3.68. The molecule has 3 rings (SSSR count). The quantitative estimate of drug-likeness (QED) is 0.445. The fourth-order valence-electron chi connectivity index (χ4n) is 3.41. The van der Waals surface area contributed by atoms with Gasteiger partial charge in [-0.25, -0.2) is 0 Å². The van der Waals surface area contributed by atoms with E-state index in [4.69, 9.17) is 0 Å². The van der Waals surface area contributed by atoms with Gasteiger partial charge in [0.05, 0.1) is 0 Å². The summed E-state index contributed by atoms with van der Waals surface area (Å²) < 4.78 is 0. The van der Waals surface area contributed by atoms with Gasteiger partial charge in [-0.15, -0.1) is 0 Å². The molecule has 0 unspecified atom stereocenters. The number of hydrogen-bond acceptors (Lipinski definition) is 0. The van der Waals surface area contributed by atoms with E-state index in [0.29, 0.717) is 0 Å². The lowest BCUT2D eigenvalue weighted by atomic mass is 9.77. The van der Waals surface area contributed by atoms with Gasteiger partial charge in [0, 0.05) is 0 Å². The maximum absolute atomic E-state index is 2.47. The van der Waals surface area contributed by atoms with Gasteiger partial charge in [-0.05, 0) is 35.5 Å². The predicted octanol–water partition coefficient (Wildman–Crippen LogP) is 2.05. The molecule has 3 aliphatic carbocycles. The molecule has 0 amide bonds. The van der Waals surface area contributed by atoms with E-state index in [2.05, 4.69) is 13.8 Å². The highest BCUT2D eigenvalue weighted by Gasteiger charge is 2.85. The summed E-state index contributed by atoms with van der Waals surface area (Å²) in [7, 11) is 0. The number of rotatable bonds is 0. The number of fused-ring (bicyclic) bond motifs is 4. The average molecular weight is 108 g/mol. The molecule has 0 spiro atoms. The van der Waals surface area contributed by atoms with Gasteiger partial charge >= 0.3 is 0 Å². The van der Waals surface area contributed by atoms with Gasteiger partial charge in [0.25, 0.3) is 0 Å². The molecular weight excluding hydrogens is 96.1 g/mol. The minimum Gasteiger partial charge on any atom is -0.0591 e. The summed E-state index contributed by atoms with van der Waals surface area (Å²) in [6.07, 6.45) is 3.13. The second-order valence-corrected chi connectivity index (χ2v) is 4.53. The standard InChI is InChI=1S/C8H12/c1-7-3-5(7)8(2)4-6(7)8/h5-6H,3-4H2,1-2H3. The third-order valence-electron chi connectivity index (χ3n) is 4.15. The van der Waals surface area contributed by atoms with Crippen molar-refractivity contribution >= 4 is 0 Å². The first-order chi connectivity index (χ1) is 3.68. The van der Waals surface area contributed by atoms with Crippen molar-refractivity contribution < 1.29 is 0 Å². The lowest BCUT2D eigenvalue weighted by Crippen LogP contribution is -2.22. The van der Waals surface area contributed by atoms with Crippen LogP contribution in [0, 0.1) is 22.7 Å². The van der Waals surface area contributed by atoms with Crippen LogP contribution in [-0.4, -0.2) is 0 Å². The maximum Gasteiger partial charge on any atom is -0.0255 e. The van der Waals surface area contributed by atoms with E-state index in [1.165, 1.54) is 11.8 Å². The summed E-state index contributed by atoms with van der Waals surface area (Å²) in [5.41, 5.74) is 1.77. The van der Waals surface area contributed by atoms with Crippen molar-refractivity contribution in [2.75, 3.05) is 0 Å². The minimum atomic E-state index is 0.884. The van der Waals surface area contributed by atoms with Gasteiger partial charge in [0.2, 0.25) is 0 Å². The normalized spacial score (nSPS) is 81.8. The molecule has 0 heteroatoms. The Kier molecular flexibility index (Phi) is 0.309. The molecule has 8 heavy (non-hydrogen) atoms. The molecule has 0 aromatic carbocycles. The van der Waals surface area contributed by atoms with E-state index in [9.17, 15) is 0 Å². The largest absolute Gasteiger partial charge is 0.0591 e. The van der Waals surface area contributed by atoms with Crippen molar-refractivity contribution in [1.82, 2.24) is 0 Å². The van der Waals surface area contributed by atoms with Crippen LogP contribution in [0.25, 0.3) is 0 Å². The van der Waals surface area contributed by atoms with Gasteiger partial charge in [0.15, 0.2) is 0 Å². The Morgan fingerprint density at radius 2 is 1.38 bits per heavy atom. The summed E-state index contributed by atoms with van der Waals surface area (Å²) >= 11 is 0. The van der Waals surface area contributed by atoms with E-state index in [-0.39, 0.29) is 0 Å². The summed E-state index contributed by atoms with van der Waals surface area (Å²) in [4.78, 5) is 0.